The van der Waals surface area contributed by atoms with E-state index >= 15 is 0 Å². The summed E-state index contributed by atoms with van der Waals surface area (Å²) in [5.41, 5.74) is 3.74. The monoisotopic (exact) mass is 507 g/mol. The first-order valence-electron chi connectivity index (χ1n) is 11.4. The van der Waals surface area contributed by atoms with Crippen molar-refractivity contribution >= 4 is 40.1 Å². The molecule has 4 rings (SSSR count). The number of benzene rings is 2. The van der Waals surface area contributed by atoms with E-state index < -0.39 is 17.8 Å². The Morgan fingerprint density at radius 1 is 0.972 bits per heavy atom. The van der Waals surface area contributed by atoms with Gasteiger partial charge >= 0.3 is 17.8 Å². The van der Waals surface area contributed by atoms with Gasteiger partial charge < -0.3 is 26.2 Å². The number of aromatic carboxylic acids is 1. The first-order chi connectivity index (χ1) is 17.3. The molecular formula is C26H25N3O6S. The maximum absolute atomic E-state index is 12.5. The number of hydrogen-bond acceptors (Lipinski definition) is 6. The predicted molar refractivity (Wildman–Crippen MR) is 135 cm³/mol. The fraction of sp³-hybridized carbons (Fsp3) is 0.231. The van der Waals surface area contributed by atoms with Crippen molar-refractivity contribution in [2.45, 2.75) is 25.3 Å². The van der Waals surface area contributed by atoms with Crippen molar-refractivity contribution in [2.75, 3.05) is 18.4 Å². The number of aliphatic carboxylic acids is 1. The minimum atomic E-state index is -1.70. The van der Waals surface area contributed by atoms with Gasteiger partial charge in [0.15, 0.2) is 0 Å². The van der Waals surface area contributed by atoms with Crippen molar-refractivity contribution in [1.29, 1.82) is 0 Å². The molecule has 2 aromatic carbocycles. The van der Waals surface area contributed by atoms with Crippen molar-refractivity contribution in [2.24, 2.45) is 0 Å². The van der Waals surface area contributed by atoms with Gasteiger partial charge in [0.2, 0.25) is 5.91 Å². The summed E-state index contributed by atoms with van der Waals surface area (Å²) in [4.78, 5) is 47.5. The average Bonchev–Trinajstić information content (AvgIpc) is 3.25. The van der Waals surface area contributed by atoms with Gasteiger partial charge in [0, 0.05) is 17.8 Å². The Hall–Kier alpha value is -4.02. The summed E-state index contributed by atoms with van der Waals surface area (Å²) in [6.45, 7) is 0.731. The van der Waals surface area contributed by atoms with Crippen LogP contribution in [0.3, 0.4) is 0 Å². The predicted octanol–water partition coefficient (Wildman–Crippen LogP) is 3.07. The SMILES string of the molecule is O=C(CCc1ccc(-c2ccccc2)cc1)NCC1NCCc2c1sc(NC(=O)C(=O)O)c2C(=O)O. The highest BCUT2D eigenvalue weighted by atomic mass is 32.1. The normalized spacial score (nSPS) is 14.5. The smallest absolute Gasteiger partial charge is 0.394 e. The fourth-order valence-electron chi connectivity index (χ4n) is 4.17. The summed E-state index contributed by atoms with van der Waals surface area (Å²) < 4.78 is 0. The third-order valence-electron chi connectivity index (χ3n) is 5.96. The van der Waals surface area contributed by atoms with Crippen molar-refractivity contribution in [3.8, 4) is 11.1 Å². The van der Waals surface area contributed by atoms with Gasteiger partial charge in [0.05, 0.1) is 11.6 Å². The lowest BCUT2D eigenvalue weighted by molar-refractivity contribution is -0.147. The summed E-state index contributed by atoms with van der Waals surface area (Å²) in [6.07, 6.45) is 1.30. The summed E-state index contributed by atoms with van der Waals surface area (Å²) in [5.74, 6) is -4.37. The molecule has 186 valence electrons. The lowest BCUT2D eigenvalue weighted by Crippen LogP contribution is -2.38. The number of carbonyl (C=O) groups is 4. The Labute approximate surface area is 211 Å². The van der Waals surface area contributed by atoms with E-state index in [-0.39, 0.29) is 29.1 Å². The van der Waals surface area contributed by atoms with Crippen LogP contribution in [0.1, 0.15) is 38.8 Å². The first kappa shape index (κ1) is 25.1. The molecule has 0 spiro atoms. The Kier molecular flexibility index (Phi) is 7.77. The Morgan fingerprint density at radius 3 is 2.33 bits per heavy atom. The van der Waals surface area contributed by atoms with Crippen LogP contribution in [0.2, 0.25) is 0 Å². The number of carbonyl (C=O) groups excluding carboxylic acids is 2. The van der Waals surface area contributed by atoms with Crippen LogP contribution in [0.15, 0.2) is 54.6 Å². The van der Waals surface area contributed by atoms with E-state index in [1.807, 2.05) is 54.6 Å². The number of fused-ring (bicyclic) bond motifs is 1. The van der Waals surface area contributed by atoms with Crippen LogP contribution in [-0.2, 0) is 27.2 Å². The molecular weight excluding hydrogens is 482 g/mol. The fourth-order valence-corrected chi connectivity index (χ4v) is 5.48. The number of amides is 2. The number of aryl methyl sites for hydroxylation is 1. The van der Waals surface area contributed by atoms with Gasteiger partial charge in [0.1, 0.15) is 5.00 Å². The largest absolute Gasteiger partial charge is 0.478 e. The molecule has 2 heterocycles. The van der Waals surface area contributed by atoms with E-state index in [1.54, 1.807) is 0 Å². The first-order valence-corrected chi connectivity index (χ1v) is 12.2. The quantitative estimate of drug-likeness (QED) is 0.295. The molecule has 3 aromatic rings. The third kappa shape index (κ3) is 5.78. The maximum atomic E-state index is 12.5. The van der Waals surface area contributed by atoms with E-state index in [9.17, 15) is 24.3 Å². The van der Waals surface area contributed by atoms with Crippen LogP contribution in [0.4, 0.5) is 5.00 Å². The maximum Gasteiger partial charge on any atom is 0.394 e. The van der Waals surface area contributed by atoms with Crippen LogP contribution in [0.5, 0.6) is 0 Å². The van der Waals surface area contributed by atoms with Crippen LogP contribution >= 0.6 is 11.3 Å². The van der Waals surface area contributed by atoms with Gasteiger partial charge in [-0.15, -0.1) is 11.3 Å². The molecule has 9 nitrogen and oxygen atoms in total. The number of rotatable bonds is 8. The van der Waals surface area contributed by atoms with Crippen molar-refractivity contribution in [3.05, 3.63) is 76.2 Å². The zero-order valence-corrected chi connectivity index (χ0v) is 20.1. The zero-order chi connectivity index (χ0) is 25.7. The van der Waals surface area contributed by atoms with E-state index in [1.165, 1.54) is 0 Å². The Balaban J connectivity index is 1.36. The van der Waals surface area contributed by atoms with Crippen LogP contribution < -0.4 is 16.0 Å². The summed E-state index contributed by atoms with van der Waals surface area (Å²) >= 11 is 1.02. The van der Waals surface area contributed by atoms with Crippen molar-refractivity contribution in [3.63, 3.8) is 0 Å². The second-order valence-corrected chi connectivity index (χ2v) is 9.39. The topological polar surface area (TPSA) is 145 Å². The van der Waals surface area contributed by atoms with Gasteiger partial charge in [-0.2, -0.15) is 0 Å². The number of nitrogens with one attached hydrogen (secondary N) is 3. The molecule has 1 aromatic heterocycles. The lowest BCUT2D eigenvalue weighted by Gasteiger charge is -2.24. The minimum absolute atomic E-state index is 0.0149. The number of hydrogen-bond donors (Lipinski definition) is 5. The standard InChI is InChI=1S/C26H25N3O6S/c30-20(11-8-15-6-9-17(10-7-15)16-4-2-1-3-5-16)28-14-19-22-18(12-13-27-19)21(25(32)33)24(36-22)29-23(31)26(34)35/h1-7,9-10,19,27H,8,11-14H2,(H,28,30)(H,29,31)(H,32,33)(H,34,35). The molecule has 0 saturated heterocycles. The third-order valence-corrected chi connectivity index (χ3v) is 7.22. The number of carboxylic acids is 2. The molecule has 0 aliphatic carbocycles. The lowest BCUT2D eigenvalue weighted by atomic mass is 9.99. The second-order valence-electron chi connectivity index (χ2n) is 8.34. The van der Waals surface area contributed by atoms with Gasteiger partial charge in [-0.3, -0.25) is 9.59 Å². The van der Waals surface area contributed by atoms with Crippen LogP contribution in [0.25, 0.3) is 11.1 Å². The molecule has 0 saturated carbocycles. The van der Waals surface area contributed by atoms with Crippen molar-refractivity contribution in [1.82, 2.24) is 10.6 Å². The Bertz CT molecular complexity index is 1290. The highest BCUT2D eigenvalue weighted by Crippen LogP contribution is 2.39. The van der Waals surface area contributed by atoms with Gasteiger partial charge in [-0.05, 0) is 41.6 Å². The van der Waals surface area contributed by atoms with Crippen LogP contribution in [-0.4, -0.2) is 47.1 Å². The summed E-state index contributed by atoms with van der Waals surface area (Å²) in [6, 6.07) is 17.8. The molecule has 0 radical (unpaired) electrons. The molecule has 36 heavy (non-hydrogen) atoms. The highest BCUT2D eigenvalue weighted by Gasteiger charge is 2.31. The highest BCUT2D eigenvalue weighted by molar-refractivity contribution is 7.17. The van der Waals surface area contributed by atoms with Gasteiger partial charge in [-0.25, -0.2) is 9.59 Å². The van der Waals surface area contributed by atoms with E-state index in [0.29, 0.717) is 36.2 Å². The molecule has 5 N–H and O–H groups in total. The molecule has 10 heteroatoms. The molecule has 1 aliphatic heterocycles. The molecule has 1 unspecified atom stereocenters. The zero-order valence-electron chi connectivity index (χ0n) is 19.2. The number of thiophene rings is 1. The number of carboxylic acid groups (broad SMARTS) is 2. The number of anilines is 1. The minimum Gasteiger partial charge on any atom is -0.478 e. The summed E-state index contributed by atoms with van der Waals surface area (Å²) in [7, 11) is 0. The van der Waals surface area contributed by atoms with Crippen LogP contribution in [0, 0.1) is 0 Å². The second kappa shape index (κ2) is 11.1. The van der Waals surface area contributed by atoms with E-state index in [4.69, 9.17) is 5.11 Å². The molecule has 1 aliphatic rings. The molecule has 1 atom stereocenters. The average molecular weight is 508 g/mol. The molecule has 0 bridgehead atoms. The van der Waals surface area contributed by atoms with Gasteiger partial charge in [0.25, 0.3) is 0 Å². The van der Waals surface area contributed by atoms with Gasteiger partial charge in [-0.1, -0.05) is 54.6 Å². The van der Waals surface area contributed by atoms with E-state index in [2.05, 4.69) is 16.0 Å². The van der Waals surface area contributed by atoms with Crippen molar-refractivity contribution < 1.29 is 29.4 Å². The Morgan fingerprint density at radius 2 is 1.67 bits per heavy atom. The molecule has 0 fully saturated rings. The molecule has 2 amide bonds. The summed E-state index contributed by atoms with van der Waals surface area (Å²) in [5, 5.41) is 26.8. The van der Waals surface area contributed by atoms with E-state index in [0.717, 1.165) is 28.0 Å².